The van der Waals surface area contributed by atoms with Gasteiger partial charge >= 0.3 is 0 Å². The number of likely N-dealkylation sites (tertiary alicyclic amines) is 1. The number of piperidine rings is 1. The third-order valence-electron chi connectivity index (χ3n) is 5.63. The Morgan fingerprint density at radius 3 is 2.65 bits per heavy atom. The maximum atomic E-state index is 13.2. The van der Waals surface area contributed by atoms with Crippen LogP contribution in [0.15, 0.2) is 29.1 Å². The number of fused-ring (bicyclic) bond motifs is 4. The summed E-state index contributed by atoms with van der Waals surface area (Å²) in [6.07, 6.45) is 1.05. The Labute approximate surface area is 153 Å². The second-order valence-electron chi connectivity index (χ2n) is 8.70. The van der Waals surface area contributed by atoms with Crippen LogP contribution in [-0.4, -0.2) is 38.2 Å². The van der Waals surface area contributed by atoms with Gasteiger partial charge in [0.05, 0.1) is 5.69 Å². The molecule has 0 aliphatic carbocycles. The molecule has 2 aromatic rings. The lowest BCUT2D eigenvalue weighted by molar-refractivity contribution is 0.0584. The van der Waals surface area contributed by atoms with Gasteiger partial charge in [-0.3, -0.25) is 14.3 Å². The van der Waals surface area contributed by atoms with Crippen molar-refractivity contribution in [2.24, 2.45) is 13.0 Å². The first-order chi connectivity index (χ1) is 12.2. The maximum absolute atomic E-state index is 13.2. The van der Waals surface area contributed by atoms with Crippen molar-refractivity contribution >= 4 is 5.91 Å². The van der Waals surface area contributed by atoms with E-state index in [2.05, 4.69) is 25.9 Å². The van der Waals surface area contributed by atoms with Gasteiger partial charge in [0.15, 0.2) is 0 Å². The van der Waals surface area contributed by atoms with Crippen molar-refractivity contribution in [1.29, 1.82) is 0 Å². The molecule has 4 heterocycles. The Morgan fingerprint density at radius 1 is 1.19 bits per heavy atom. The minimum absolute atomic E-state index is 0.0388. The van der Waals surface area contributed by atoms with Gasteiger partial charge in [0.2, 0.25) is 0 Å². The zero-order chi connectivity index (χ0) is 18.6. The van der Waals surface area contributed by atoms with E-state index in [0.29, 0.717) is 31.2 Å². The summed E-state index contributed by atoms with van der Waals surface area (Å²) in [4.78, 5) is 27.3. The summed E-state index contributed by atoms with van der Waals surface area (Å²) in [5.74, 6) is 0.605. The van der Waals surface area contributed by atoms with Crippen molar-refractivity contribution in [3.05, 3.63) is 51.7 Å². The highest BCUT2D eigenvalue weighted by Gasteiger charge is 2.37. The van der Waals surface area contributed by atoms with Crippen LogP contribution >= 0.6 is 0 Å². The smallest absolute Gasteiger partial charge is 0.272 e. The summed E-state index contributed by atoms with van der Waals surface area (Å²) in [6.45, 7) is 8.37. The topological polar surface area (TPSA) is 60.1 Å². The van der Waals surface area contributed by atoms with Gasteiger partial charge in [-0.1, -0.05) is 26.8 Å². The minimum atomic E-state index is -0.0885. The van der Waals surface area contributed by atoms with Crippen LogP contribution in [0, 0.1) is 5.92 Å². The molecule has 1 saturated heterocycles. The summed E-state index contributed by atoms with van der Waals surface area (Å²) in [5.41, 5.74) is 2.61. The first-order valence-electron chi connectivity index (χ1n) is 9.27. The second kappa shape index (κ2) is 5.83. The lowest BCUT2D eigenvalue weighted by Crippen LogP contribution is -2.49. The standard InChI is InChI=1S/C20H26N4O2/c1-20(2,3)17-9-16(22(4)21-17)19(26)23-10-13-8-14(12-23)15-6-5-7-18(25)24(15)11-13/h5-7,9,13-14H,8,10-12H2,1-4H3/t13-,14+/m1/s1. The van der Waals surface area contributed by atoms with Crippen LogP contribution in [0.5, 0.6) is 0 Å². The summed E-state index contributed by atoms with van der Waals surface area (Å²) < 4.78 is 3.59. The number of amides is 1. The van der Waals surface area contributed by atoms with E-state index in [4.69, 9.17) is 0 Å². The van der Waals surface area contributed by atoms with Crippen LogP contribution in [0.1, 0.15) is 55.0 Å². The first kappa shape index (κ1) is 17.1. The molecule has 4 rings (SSSR count). The van der Waals surface area contributed by atoms with Crippen molar-refractivity contribution in [2.75, 3.05) is 13.1 Å². The number of hydrogen-bond donors (Lipinski definition) is 0. The fourth-order valence-electron chi connectivity index (χ4n) is 4.26. The molecule has 1 amide bonds. The normalized spacial score (nSPS) is 22.2. The molecule has 0 aromatic carbocycles. The van der Waals surface area contributed by atoms with E-state index in [0.717, 1.165) is 17.8 Å². The predicted molar refractivity (Wildman–Crippen MR) is 99.4 cm³/mol. The van der Waals surface area contributed by atoms with Gasteiger partial charge in [-0.2, -0.15) is 5.10 Å². The molecule has 0 N–H and O–H groups in total. The Morgan fingerprint density at radius 2 is 1.96 bits per heavy atom. The lowest BCUT2D eigenvalue weighted by atomic mass is 9.83. The SMILES string of the molecule is Cn1nc(C(C)(C)C)cc1C(=O)N1C[C@H]2C[C@@H](C1)c1cccc(=O)n1C2. The average molecular weight is 354 g/mol. The molecule has 26 heavy (non-hydrogen) atoms. The van der Waals surface area contributed by atoms with E-state index in [1.807, 2.05) is 34.7 Å². The van der Waals surface area contributed by atoms with Gasteiger partial charge in [-0.05, 0) is 24.5 Å². The van der Waals surface area contributed by atoms with Gasteiger partial charge in [0, 0.05) is 49.8 Å². The Bertz CT molecular complexity index is 919. The van der Waals surface area contributed by atoms with Gasteiger partial charge < -0.3 is 9.47 Å². The molecule has 2 bridgehead atoms. The highest BCUT2D eigenvalue weighted by Crippen LogP contribution is 2.35. The molecule has 0 saturated carbocycles. The van der Waals surface area contributed by atoms with E-state index >= 15 is 0 Å². The average Bonchev–Trinajstić information content (AvgIpc) is 2.97. The van der Waals surface area contributed by atoms with Crippen molar-refractivity contribution in [3.8, 4) is 0 Å². The van der Waals surface area contributed by atoms with Crippen LogP contribution in [-0.2, 0) is 19.0 Å². The van der Waals surface area contributed by atoms with Crippen LogP contribution in [0.3, 0.4) is 0 Å². The molecule has 1 fully saturated rings. The number of carbonyl (C=O) groups is 1. The van der Waals surface area contributed by atoms with Gasteiger partial charge in [0.25, 0.3) is 11.5 Å². The highest BCUT2D eigenvalue weighted by atomic mass is 16.2. The van der Waals surface area contributed by atoms with E-state index < -0.39 is 0 Å². The number of nitrogens with zero attached hydrogens (tertiary/aromatic N) is 4. The molecule has 2 aromatic heterocycles. The lowest BCUT2D eigenvalue weighted by Gasteiger charge is -2.42. The van der Waals surface area contributed by atoms with Gasteiger partial charge in [-0.25, -0.2) is 0 Å². The van der Waals surface area contributed by atoms with E-state index in [-0.39, 0.29) is 22.8 Å². The predicted octanol–water partition coefficient (Wildman–Crippen LogP) is 2.14. The number of rotatable bonds is 1. The molecule has 138 valence electrons. The van der Waals surface area contributed by atoms with Gasteiger partial charge in [0.1, 0.15) is 5.69 Å². The summed E-state index contributed by atoms with van der Waals surface area (Å²) in [5, 5.41) is 4.54. The highest BCUT2D eigenvalue weighted by molar-refractivity contribution is 5.93. The molecular weight excluding hydrogens is 328 g/mol. The van der Waals surface area contributed by atoms with Crippen LogP contribution in [0.2, 0.25) is 0 Å². The van der Waals surface area contributed by atoms with E-state index in [1.54, 1.807) is 10.7 Å². The van der Waals surface area contributed by atoms with Crippen molar-refractivity contribution < 1.29 is 4.79 Å². The maximum Gasteiger partial charge on any atom is 0.272 e. The number of hydrogen-bond acceptors (Lipinski definition) is 3. The van der Waals surface area contributed by atoms with Crippen molar-refractivity contribution in [2.45, 2.75) is 45.1 Å². The summed E-state index contributed by atoms with van der Waals surface area (Å²) >= 11 is 0. The molecule has 0 spiro atoms. The van der Waals surface area contributed by atoms with Crippen molar-refractivity contribution in [3.63, 3.8) is 0 Å². The molecule has 2 aliphatic heterocycles. The third-order valence-corrected chi connectivity index (χ3v) is 5.63. The van der Waals surface area contributed by atoms with Crippen molar-refractivity contribution in [1.82, 2.24) is 19.2 Å². The molecule has 6 heteroatoms. The van der Waals surface area contributed by atoms with E-state index in [1.165, 1.54) is 0 Å². The Balaban J connectivity index is 1.62. The number of carbonyl (C=O) groups excluding carboxylic acids is 1. The Kier molecular flexibility index (Phi) is 3.82. The molecule has 2 aliphatic rings. The number of aromatic nitrogens is 3. The van der Waals surface area contributed by atoms with E-state index in [9.17, 15) is 9.59 Å². The zero-order valence-corrected chi connectivity index (χ0v) is 15.9. The fourth-order valence-corrected chi connectivity index (χ4v) is 4.26. The zero-order valence-electron chi connectivity index (χ0n) is 15.9. The molecular formula is C20H26N4O2. The molecule has 2 atom stereocenters. The monoisotopic (exact) mass is 354 g/mol. The number of aryl methyl sites for hydroxylation is 1. The van der Waals surface area contributed by atoms with Crippen LogP contribution < -0.4 is 5.56 Å². The molecule has 0 unspecified atom stereocenters. The third kappa shape index (κ3) is 2.77. The minimum Gasteiger partial charge on any atom is -0.336 e. The Hall–Kier alpha value is -2.37. The molecule has 6 nitrogen and oxygen atoms in total. The van der Waals surface area contributed by atoms with Crippen LogP contribution in [0.25, 0.3) is 0 Å². The largest absolute Gasteiger partial charge is 0.336 e. The van der Waals surface area contributed by atoms with Crippen LogP contribution in [0.4, 0.5) is 0 Å². The second-order valence-corrected chi connectivity index (χ2v) is 8.70. The number of pyridine rings is 1. The molecule has 0 radical (unpaired) electrons. The fraction of sp³-hybridized carbons (Fsp3) is 0.550. The quantitative estimate of drug-likeness (QED) is 0.788. The summed E-state index contributed by atoms with van der Waals surface area (Å²) in [7, 11) is 1.84. The summed E-state index contributed by atoms with van der Waals surface area (Å²) in [6, 6.07) is 7.40. The van der Waals surface area contributed by atoms with Gasteiger partial charge in [-0.15, -0.1) is 0 Å². The first-order valence-corrected chi connectivity index (χ1v) is 9.27.